The third-order valence-corrected chi connectivity index (χ3v) is 2.28. The molecule has 0 spiro atoms. The lowest BCUT2D eigenvalue weighted by Gasteiger charge is -2.14. The van der Waals surface area contributed by atoms with Crippen LogP contribution in [0.3, 0.4) is 0 Å². The van der Waals surface area contributed by atoms with Gasteiger partial charge in [-0.3, -0.25) is 5.32 Å². The van der Waals surface area contributed by atoms with E-state index in [0.29, 0.717) is 11.6 Å². The quantitative estimate of drug-likeness (QED) is 0.762. The molecule has 1 saturated heterocycles. The molecule has 1 aliphatic heterocycles. The molecule has 0 atom stereocenters. The highest BCUT2D eigenvalue weighted by molar-refractivity contribution is 5.82. The first kappa shape index (κ1) is 9.70. The molecule has 1 aliphatic rings. The zero-order valence-corrected chi connectivity index (χ0v) is 8.18. The van der Waals surface area contributed by atoms with Crippen molar-refractivity contribution >= 4 is 17.7 Å². The average molecular weight is 208 g/mol. The minimum absolute atomic E-state index is 0.394. The minimum atomic E-state index is -1.10. The summed E-state index contributed by atoms with van der Waals surface area (Å²) in [5.74, 6) is 0.670. The number of hydrogen-bond acceptors (Lipinski definition) is 4. The van der Waals surface area contributed by atoms with E-state index in [2.05, 4.69) is 20.2 Å². The summed E-state index contributed by atoms with van der Waals surface area (Å²) in [6.45, 7) is 1.96. The molecule has 0 aromatic carbocycles. The van der Waals surface area contributed by atoms with E-state index in [0.717, 1.165) is 13.1 Å². The van der Waals surface area contributed by atoms with Gasteiger partial charge in [0.05, 0.1) is 18.1 Å². The van der Waals surface area contributed by atoms with Gasteiger partial charge in [-0.2, -0.15) is 0 Å². The van der Waals surface area contributed by atoms with Gasteiger partial charge in [-0.05, 0) is 12.8 Å². The third-order valence-electron chi connectivity index (χ3n) is 2.28. The largest absolute Gasteiger partial charge is 0.465 e. The summed E-state index contributed by atoms with van der Waals surface area (Å²) in [7, 11) is 0. The Morgan fingerprint density at radius 1 is 1.33 bits per heavy atom. The van der Waals surface area contributed by atoms with Crippen LogP contribution in [0.2, 0.25) is 0 Å². The fourth-order valence-electron chi connectivity index (χ4n) is 1.59. The van der Waals surface area contributed by atoms with E-state index in [1.165, 1.54) is 25.2 Å². The van der Waals surface area contributed by atoms with Gasteiger partial charge in [0.25, 0.3) is 0 Å². The summed E-state index contributed by atoms with van der Waals surface area (Å²) in [6, 6.07) is 0. The Morgan fingerprint density at radius 2 is 1.93 bits per heavy atom. The smallest absolute Gasteiger partial charge is 0.409 e. The SMILES string of the molecule is O=C(O)Nc1cnc(N2CCCC2)nc1. The van der Waals surface area contributed by atoms with E-state index in [4.69, 9.17) is 5.11 Å². The summed E-state index contributed by atoms with van der Waals surface area (Å²) in [5, 5.41) is 10.7. The molecule has 0 unspecified atom stereocenters. The molecule has 1 fully saturated rings. The van der Waals surface area contributed by atoms with Crippen LogP contribution in [0.15, 0.2) is 12.4 Å². The Labute approximate surface area is 87.0 Å². The van der Waals surface area contributed by atoms with Gasteiger partial charge < -0.3 is 10.0 Å². The average Bonchev–Trinajstić information content (AvgIpc) is 2.71. The number of nitrogens with one attached hydrogen (secondary N) is 1. The van der Waals surface area contributed by atoms with Crippen LogP contribution in [0.1, 0.15) is 12.8 Å². The highest BCUT2D eigenvalue weighted by Gasteiger charge is 2.14. The molecule has 1 aromatic heterocycles. The van der Waals surface area contributed by atoms with E-state index in [9.17, 15) is 4.79 Å². The van der Waals surface area contributed by atoms with Crippen molar-refractivity contribution in [3.63, 3.8) is 0 Å². The standard InChI is InChI=1S/C9H12N4O2/c14-9(15)12-7-5-10-8(11-6-7)13-3-1-2-4-13/h5-6,12H,1-4H2,(H,14,15). The lowest BCUT2D eigenvalue weighted by Crippen LogP contribution is -2.20. The molecule has 0 bridgehead atoms. The Kier molecular flexibility index (Phi) is 2.66. The van der Waals surface area contributed by atoms with Gasteiger partial charge in [-0.25, -0.2) is 14.8 Å². The number of carboxylic acid groups (broad SMARTS) is 1. The summed E-state index contributed by atoms with van der Waals surface area (Å²) < 4.78 is 0. The first-order valence-electron chi connectivity index (χ1n) is 4.82. The maximum atomic E-state index is 10.3. The molecule has 1 aromatic rings. The van der Waals surface area contributed by atoms with E-state index < -0.39 is 6.09 Å². The van der Waals surface area contributed by atoms with Gasteiger partial charge >= 0.3 is 6.09 Å². The molecular weight excluding hydrogens is 196 g/mol. The molecule has 2 heterocycles. The van der Waals surface area contributed by atoms with Crippen molar-refractivity contribution in [3.8, 4) is 0 Å². The molecular formula is C9H12N4O2. The van der Waals surface area contributed by atoms with Gasteiger partial charge in [0.1, 0.15) is 0 Å². The van der Waals surface area contributed by atoms with Crippen LogP contribution in [0, 0.1) is 0 Å². The van der Waals surface area contributed by atoms with Crippen LogP contribution in [0.4, 0.5) is 16.4 Å². The van der Waals surface area contributed by atoms with Gasteiger partial charge in [-0.1, -0.05) is 0 Å². The highest BCUT2D eigenvalue weighted by atomic mass is 16.4. The Morgan fingerprint density at radius 3 is 2.47 bits per heavy atom. The second-order valence-corrected chi connectivity index (χ2v) is 3.40. The number of carbonyl (C=O) groups is 1. The molecule has 0 aliphatic carbocycles. The summed E-state index contributed by atoms with van der Waals surface area (Å²) in [6.07, 6.45) is 4.19. The first-order valence-corrected chi connectivity index (χ1v) is 4.82. The Balaban J connectivity index is 2.06. The van der Waals surface area contributed by atoms with Gasteiger partial charge in [0, 0.05) is 13.1 Å². The molecule has 15 heavy (non-hydrogen) atoms. The number of rotatable bonds is 2. The fraction of sp³-hybridized carbons (Fsp3) is 0.444. The van der Waals surface area contributed by atoms with Crippen molar-refractivity contribution in [1.29, 1.82) is 0 Å². The number of aromatic nitrogens is 2. The molecule has 2 rings (SSSR count). The number of nitrogens with zero attached hydrogens (tertiary/aromatic N) is 3. The molecule has 0 radical (unpaired) electrons. The predicted molar refractivity (Wildman–Crippen MR) is 55.1 cm³/mol. The van der Waals surface area contributed by atoms with Crippen LogP contribution < -0.4 is 10.2 Å². The van der Waals surface area contributed by atoms with Crippen molar-refractivity contribution in [2.45, 2.75) is 12.8 Å². The van der Waals surface area contributed by atoms with Crippen molar-refractivity contribution in [2.75, 3.05) is 23.3 Å². The molecule has 6 heteroatoms. The Hall–Kier alpha value is -1.85. The van der Waals surface area contributed by atoms with Crippen molar-refractivity contribution in [3.05, 3.63) is 12.4 Å². The summed E-state index contributed by atoms with van der Waals surface area (Å²) in [4.78, 5) is 20.6. The van der Waals surface area contributed by atoms with Gasteiger partial charge in [-0.15, -0.1) is 0 Å². The molecule has 6 nitrogen and oxygen atoms in total. The predicted octanol–water partition coefficient (Wildman–Crippen LogP) is 1.17. The van der Waals surface area contributed by atoms with Gasteiger partial charge in [0.2, 0.25) is 5.95 Å². The third kappa shape index (κ3) is 2.34. The molecule has 80 valence electrons. The zero-order chi connectivity index (χ0) is 10.7. The van der Waals surface area contributed by atoms with Crippen LogP contribution >= 0.6 is 0 Å². The van der Waals surface area contributed by atoms with Gasteiger partial charge in [0.15, 0.2) is 0 Å². The van der Waals surface area contributed by atoms with Crippen molar-refractivity contribution in [1.82, 2.24) is 9.97 Å². The maximum absolute atomic E-state index is 10.3. The maximum Gasteiger partial charge on any atom is 0.409 e. The lowest BCUT2D eigenvalue weighted by atomic mass is 10.4. The Bertz CT molecular complexity index is 346. The van der Waals surface area contributed by atoms with E-state index in [-0.39, 0.29) is 0 Å². The second-order valence-electron chi connectivity index (χ2n) is 3.40. The second kappa shape index (κ2) is 4.12. The van der Waals surface area contributed by atoms with Crippen molar-refractivity contribution < 1.29 is 9.90 Å². The normalized spacial score (nSPS) is 15.3. The van der Waals surface area contributed by atoms with Crippen LogP contribution in [0.25, 0.3) is 0 Å². The van der Waals surface area contributed by atoms with Crippen LogP contribution in [0.5, 0.6) is 0 Å². The zero-order valence-electron chi connectivity index (χ0n) is 8.18. The van der Waals surface area contributed by atoms with E-state index >= 15 is 0 Å². The topological polar surface area (TPSA) is 78.3 Å². The molecule has 1 amide bonds. The van der Waals surface area contributed by atoms with Crippen molar-refractivity contribution in [2.24, 2.45) is 0 Å². The summed E-state index contributed by atoms with van der Waals surface area (Å²) >= 11 is 0. The lowest BCUT2D eigenvalue weighted by molar-refractivity contribution is 0.209. The van der Waals surface area contributed by atoms with Crippen LogP contribution in [-0.4, -0.2) is 34.3 Å². The monoisotopic (exact) mass is 208 g/mol. The van der Waals surface area contributed by atoms with E-state index in [1.54, 1.807) is 0 Å². The number of amides is 1. The first-order chi connectivity index (χ1) is 7.25. The number of anilines is 2. The highest BCUT2D eigenvalue weighted by Crippen LogP contribution is 2.15. The van der Waals surface area contributed by atoms with E-state index in [1.807, 2.05) is 0 Å². The minimum Gasteiger partial charge on any atom is -0.465 e. The number of hydrogen-bond donors (Lipinski definition) is 2. The fourth-order valence-corrected chi connectivity index (χ4v) is 1.59. The molecule has 0 saturated carbocycles. The van der Waals surface area contributed by atoms with Crippen LogP contribution in [-0.2, 0) is 0 Å². The molecule has 2 N–H and O–H groups in total. The summed E-state index contributed by atoms with van der Waals surface area (Å²) in [5.41, 5.74) is 0.394.